The summed E-state index contributed by atoms with van der Waals surface area (Å²) < 4.78 is 6.21. The summed E-state index contributed by atoms with van der Waals surface area (Å²) in [4.78, 5) is 23.6. The van der Waals surface area contributed by atoms with Crippen LogP contribution in [0.2, 0.25) is 0 Å². The van der Waals surface area contributed by atoms with E-state index in [-0.39, 0.29) is 57.8 Å². The number of rotatable bonds is 13. The van der Waals surface area contributed by atoms with Crippen molar-refractivity contribution in [3.63, 3.8) is 0 Å². The van der Waals surface area contributed by atoms with Crippen LogP contribution in [0.25, 0.3) is 11.5 Å². The molecule has 0 aromatic carbocycles. The number of carboxylic acid groups (broad SMARTS) is 2. The molecule has 9 heteroatoms. The van der Waals surface area contributed by atoms with Crippen LogP contribution >= 0.6 is 0 Å². The van der Waals surface area contributed by atoms with E-state index in [1.54, 1.807) is 5.57 Å². The van der Waals surface area contributed by atoms with E-state index < -0.39 is 11.9 Å². The van der Waals surface area contributed by atoms with Gasteiger partial charge in [0.2, 0.25) is 0 Å². The maximum absolute atomic E-state index is 11.1. The van der Waals surface area contributed by atoms with Crippen LogP contribution < -0.4 is 0 Å². The molecule has 0 saturated heterocycles. The maximum Gasteiger partial charge on any atom is 0.317 e. The van der Waals surface area contributed by atoms with Gasteiger partial charge in [-0.15, -0.1) is 0 Å². The van der Waals surface area contributed by atoms with E-state index in [0.717, 1.165) is 67.6 Å². The van der Waals surface area contributed by atoms with Crippen LogP contribution in [-0.2, 0) is 35.4 Å². The number of nitrogens with zero attached hydrogens (tertiary/aromatic N) is 1. The summed E-state index contributed by atoms with van der Waals surface area (Å²) in [5.41, 5.74) is 17.0. The predicted octanol–water partition coefficient (Wildman–Crippen LogP) is 9.28. The van der Waals surface area contributed by atoms with Crippen molar-refractivity contribution < 1.29 is 45.6 Å². The summed E-state index contributed by atoms with van der Waals surface area (Å²) in [6.07, 6.45) is 21.1. The quantitative estimate of drug-likeness (QED) is 0.178. The average Bonchev–Trinajstić information content (AvgIpc) is 3.35. The van der Waals surface area contributed by atoms with Crippen molar-refractivity contribution in [2.24, 2.45) is 46.3 Å². The minimum Gasteiger partial charge on any atom is -0.676 e. The average molecular weight is 853 g/mol. The van der Waals surface area contributed by atoms with E-state index >= 15 is 0 Å². The predicted molar refractivity (Wildman–Crippen MR) is 189 cm³/mol. The van der Waals surface area contributed by atoms with Gasteiger partial charge in [0.25, 0.3) is 0 Å². The zero-order chi connectivity index (χ0) is 34.4. The van der Waals surface area contributed by atoms with Crippen LogP contribution in [0.15, 0.2) is 11.6 Å². The molecule has 10 unspecified atom stereocenters. The molecule has 0 aliphatic heterocycles. The first-order valence-corrected chi connectivity index (χ1v) is 19.1. The van der Waals surface area contributed by atoms with E-state index in [9.17, 15) is 9.59 Å². The first-order chi connectivity index (χ1) is 22.2. The second kappa shape index (κ2) is 18.6. The minimum atomic E-state index is -1.01. The number of fused-ring (bicyclic) bond motifs is 5. The third kappa shape index (κ3) is 10.4. The summed E-state index contributed by atoms with van der Waals surface area (Å²) in [6, 6.07) is -0.160. The molecule has 8 nitrogen and oxygen atoms in total. The van der Waals surface area contributed by atoms with Crippen molar-refractivity contribution in [1.29, 1.82) is 0 Å². The largest absolute Gasteiger partial charge is 0.676 e. The third-order valence-electron chi connectivity index (χ3n) is 13.5. The molecule has 10 atom stereocenters. The molecule has 48 heavy (non-hydrogen) atoms. The molecule has 0 spiro atoms. The fraction of sp³-hybridized carbons (Fsp3) is 0.897. The summed E-state index contributed by atoms with van der Waals surface area (Å²) in [5, 5.41) is 18.2. The fourth-order valence-electron chi connectivity index (χ4n) is 10.9. The molecular weight excluding hydrogens is 786 g/mol. The number of aliphatic carboxylic acids is 2. The molecule has 0 aromatic heterocycles. The molecule has 0 bridgehead atoms. The number of nitrogens with one attached hydrogen (secondary N) is 2. The van der Waals surface area contributed by atoms with Gasteiger partial charge in [0.05, 0.1) is 25.8 Å². The van der Waals surface area contributed by atoms with Crippen molar-refractivity contribution in [2.75, 3.05) is 26.2 Å². The molecule has 4 fully saturated rings. The number of hydrogen-bond donors (Lipinski definition) is 2. The second-order valence-electron chi connectivity index (χ2n) is 17.0. The zero-order valence-electron chi connectivity index (χ0n) is 30.6. The molecule has 5 aliphatic rings. The Morgan fingerprint density at radius 2 is 1.56 bits per heavy atom. The Labute approximate surface area is 306 Å². The topological polar surface area (TPSA) is 135 Å². The van der Waals surface area contributed by atoms with E-state index in [2.05, 4.69) is 40.7 Å². The Morgan fingerprint density at radius 3 is 2.15 bits per heavy atom. The smallest absolute Gasteiger partial charge is 0.317 e. The molecule has 0 heterocycles. The van der Waals surface area contributed by atoms with Gasteiger partial charge < -0.3 is 26.4 Å². The van der Waals surface area contributed by atoms with Gasteiger partial charge in [-0.05, 0) is 97.7 Å². The zero-order valence-corrected chi connectivity index (χ0v) is 32.9. The molecule has 5 rings (SSSR count). The molecule has 0 amide bonds. The van der Waals surface area contributed by atoms with Crippen molar-refractivity contribution in [1.82, 2.24) is 4.90 Å². The minimum absolute atomic E-state index is 0. The fourth-order valence-corrected chi connectivity index (χ4v) is 10.9. The first-order valence-electron chi connectivity index (χ1n) is 19.1. The summed E-state index contributed by atoms with van der Waals surface area (Å²) in [5.74, 6) is 3.00. The normalized spacial score (nSPS) is 36.4. The number of carboxylic acids is 2. The van der Waals surface area contributed by atoms with Gasteiger partial charge in [-0.2, -0.15) is 12.1 Å². The number of allylic oxidation sites excluding steroid dienone is 1. The van der Waals surface area contributed by atoms with Crippen LogP contribution in [0, 0.1) is 46.3 Å². The Kier molecular flexibility index (Phi) is 16.2. The molecule has 5 aliphatic carbocycles. The number of carbonyl (C=O) groups is 2. The first kappa shape index (κ1) is 41.6. The summed E-state index contributed by atoms with van der Waals surface area (Å²) in [7, 11) is 0. The van der Waals surface area contributed by atoms with Gasteiger partial charge in [0.1, 0.15) is 0 Å². The number of hydrogen-bond acceptors (Lipinski definition) is 4. The van der Waals surface area contributed by atoms with Crippen molar-refractivity contribution in [3.05, 3.63) is 23.1 Å². The third-order valence-corrected chi connectivity index (χ3v) is 13.5. The SMILES string of the molecule is CC(C)CCCC(C)C1CCC2C3CC=C4CC(OCCN(CC(=O)O)CC(=O)O)CCC4(C)C3CCC12C.[NH-]C1CCCCC1[NH-].[Pt]. The second-order valence-corrected chi connectivity index (χ2v) is 17.0. The molecule has 280 valence electrons. The molecule has 4 N–H and O–H groups in total. The summed E-state index contributed by atoms with van der Waals surface area (Å²) in [6.45, 7) is 12.6. The van der Waals surface area contributed by atoms with Crippen molar-refractivity contribution >= 4 is 11.9 Å². The van der Waals surface area contributed by atoms with Crippen molar-refractivity contribution in [2.45, 2.75) is 149 Å². The van der Waals surface area contributed by atoms with Crippen LogP contribution in [0.5, 0.6) is 0 Å². The van der Waals surface area contributed by atoms with E-state index in [0.29, 0.717) is 18.6 Å². The molecule has 0 aromatic rings. The van der Waals surface area contributed by atoms with Gasteiger partial charge in [-0.25, -0.2) is 0 Å². The maximum atomic E-state index is 11.1. The van der Waals surface area contributed by atoms with E-state index in [1.165, 1.54) is 69.1 Å². The Morgan fingerprint density at radius 1 is 0.917 bits per heavy atom. The van der Waals surface area contributed by atoms with Gasteiger partial charge in [0, 0.05) is 27.6 Å². The monoisotopic (exact) mass is 852 g/mol. The van der Waals surface area contributed by atoms with Crippen LogP contribution in [0.3, 0.4) is 0 Å². The Balaban J connectivity index is 0.000000608. The van der Waals surface area contributed by atoms with Crippen LogP contribution in [0.1, 0.15) is 131 Å². The molecule has 4 saturated carbocycles. The molecule has 0 radical (unpaired) electrons. The Hall–Kier alpha value is -0.792. The van der Waals surface area contributed by atoms with Crippen LogP contribution in [-0.4, -0.2) is 71.5 Å². The standard InChI is InChI=1S/C33H55NO5.C6H12N2.Pt/c1-22(2)7-6-8-23(3)27-11-12-28-26-10-9-24-19-25(39-18-17-34(20-30(35)36)21-31(37)38)13-15-32(24,4)29(26)14-16-33(27,28)5;7-5-3-1-2-4-6(5)8;/h9,22-23,25-29H,6-8,10-21H2,1-5H3,(H,35,36)(H,37,38);5-8H,1-4H2;/q;-2;. The van der Waals surface area contributed by atoms with Crippen LogP contribution in [0.4, 0.5) is 0 Å². The van der Waals surface area contributed by atoms with Crippen molar-refractivity contribution in [3.8, 4) is 0 Å². The van der Waals surface area contributed by atoms with Gasteiger partial charge >= 0.3 is 11.9 Å². The number of ether oxygens (including phenoxy) is 1. The van der Waals surface area contributed by atoms with Gasteiger partial charge in [-0.3, -0.25) is 14.5 Å². The van der Waals surface area contributed by atoms with Gasteiger partial charge in [-0.1, -0.05) is 91.2 Å². The Bertz CT molecular complexity index is 1050. The van der Waals surface area contributed by atoms with E-state index in [1.807, 2.05) is 0 Å². The van der Waals surface area contributed by atoms with Gasteiger partial charge in [0.15, 0.2) is 0 Å². The molecular formula is C39H67N3O5Pt-2. The van der Waals surface area contributed by atoms with E-state index in [4.69, 9.17) is 26.4 Å². The summed E-state index contributed by atoms with van der Waals surface area (Å²) >= 11 is 0.